The number of carbonyl (C=O) groups excluding carboxylic acids is 2. The van der Waals surface area contributed by atoms with Gasteiger partial charge in [-0.05, 0) is 44.9 Å². The van der Waals surface area contributed by atoms with E-state index in [9.17, 15) is 9.59 Å². The lowest BCUT2D eigenvalue weighted by Crippen LogP contribution is -2.39. The zero-order chi connectivity index (χ0) is 17.9. The Labute approximate surface area is 141 Å². The van der Waals surface area contributed by atoms with E-state index >= 15 is 0 Å². The Morgan fingerprint density at radius 3 is 2.58 bits per heavy atom. The monoisotopic (exact) mass is 333 g/mol. The molecule has 0 atom stereocenters. The minimum atomic E-state index is -0.569. The molecule has 130 valence electrons. The topological polar surface area (TPSA) is 80.8 Å². The Balaban J connectivity index is 2.10. The van der Waals surface area contributed by atoms with Crippen molar-refractivity contribution in [2.24, 2.45) is 0 Å². The summed E-state index contributed by atoms with van der Waals surface area (Å²) >= 11 is 0. The van der Waals surface area contributed by atoms with Crippen LogP contribution in [0.2, 0.25) is 0 Å². The molecule has 0 aromatic carbocycles. The number of hydrogen-bond donors (Lipinski definition) is 1. The standard InChI is InChI=1S/C17H23N3O4/c1-11-8-14(15(21)18-5)19-9-13(11)12-6-7-20(23-10-12)16(22)24-17(2,3)4/h6,8-9H,7,10H2,1-5H3,(H,18,21). The second-order valence-corrected chi connectivity index (χ2v) is 6.51. The van der Waals surface area contributed by atoms with Gasteiger partial charge in [0, 0.05) is 18.8 Å². The van der Waals surface area contributed by atoms with Gasteiger partial charge in [0.15, 0.2) is 0 Å². The minimum Gasteiger partial charge on any atom is -0.442 e. The van der Waals surface area contributed by atoms with E-state index in [1.54, 1.807) is 40.1 Å². The summed E-state index contributed by atoms with van der Waals surface area (Å²) in [5.41, 5.74) is 2.53. The van der Waals surface area contributed by atoms with Crippen molar-refractivity contribution in [1.82, 2.24) is 15.4 Å². The van der Waals surface area contributed by atoms with Crippen LogP contribution in [0.25, 0.3) is 5.57 Å². The van der Waals surface area contributed by atoms with E-state index in [4.69, 9.17) is 9.57 Å². The van der Waals surface area contributed by atoms with Crippen LogP contribution in [-0.4, -0.2) is 47.8 Å². The average Bonchev–Trinajstić information content (AvgIpc) is 2.52. The largest absolute Gasteiger partial charge is 0.442 e. The molecule has 0 aliphatic carbocycles. The highest BCUT2D eigenvalue weighted by molar-refractivity contribution is 5.92. The molecule has 1 aliphatic heterocycles. The predicted octanol–water partition coefficient (Wildman–Crippen LogP) is 2.32. The third-order valence-electron chi connectivity index (χ3n) is 3.39. The maximum Gasteiger partial charge on any atom is 0.434 e. The number of aryl methyl sites for hydroxylation is 1. The first kappa shape index (κ1) is 17.9. The van der Waals surface area contributed by atoms with Gasteiger partial charge in [-0.1, -0.05) is 6.08 Å². The van der Waals surface area contributed by atoms with E-state index in [2.05, 4.69) is 10.3 Å². The summed E-state index contributed by atoms with van der Waals surface area (Å²) in [7, 11) is 1.57. The van der Waals surface area contributed by atoms with Gasteiger partial charge in [-0.3, -0.25) is 14.6 Å². The van der Waals surface area contributed by atoms with Crippen molar-refractivity contribution in [1.29, 1.82) is 0 Å². The van der Waals surface area contributed by atoms with Crippen molar-refractivity contribution in [3.63, 3.8) is 0 Å². The first-order valence-electron chi connectivity index (χ1n) is 7.73. The van der Waals surface area contributed by atoms with Crippen LogP contribution < -0.4 is 5.32 Å². The van der Waals surface area contributed by atoms with Crippen LogP contribution in [0.15, 0.2) is 18.3 Å². The number of rotatable bonds is 2. The molecule has 2 amide bonds. The van der Waals surface area contributed by atoms with E-state index < -0.39 is 11.7 Å². The van der Waals surface area contributed by atoms with Crippen LogP contribution in [-0.2, 0) is 9.57 Å². The van der Waals surface area contributed by atoms with Crippen molar-refractivity contribution in [3.05, 3.63) is 35.2 Å². The minimum absolute atomic E-state index is 0.227. The lowest BCUT2D eigenvalue weighted by molar-refractivity contribution is -0.133. The molecule has 0 saturated heterocycles. The molecule has 0 spiro atoms. The van der Waals surface area contributed by atoms with Crippen LogP contribution in [0, 0.1) is 6.92 Å². The number of nitrogens with one attached hydrogen (secondary N) is 1. The zero-order valence-corrected chi connectivity index (χ0v) is 14.7. The highest BCUT2D eigenvalue weighted by atomic mass is 16.7. The van der Waals surface area contributed by atoms with Crippen LogP contribution in [0.4, 0.5) is 4.79 Å². The summed E-state index contributed by atoms with van der Waals surface area (Å²) in [5, 5.41) is 3.74. The van der Waals surface area contributed by atoms with Crippen molar-refractivity contribution in [2.45, 2.75) is 33.3 Å². The zero-order valence-electron chi connectivity index (χ0n) is 14.7. The molecule has 7 heteroatoms. The number of aromatic nitrogens is 1. The highest BCUT2D eigenvalue weighted by Gasteiger charge is 2.25. The van der Waals surface area contributed by atoms with E-state index in [0.29, 0.717) is 12.2 Å². The molecule has 0 bridgehead atoms. The fourth-order valence-electron chi connectivity index (χ4n) is 2.22. The molecule has 1 aliphatic rings. The second-order valence-electron chi connectivity index (χ2n) is 6.51. The Morgan fingerprint density at radius 1 is 1.38 bits per heavy atom. The molecule has 2 heterocycles. The number of carbonyl (C=O) groups is 2. The number of nitrogens with zero attached hydrogens (tertiary/aromatic N) is 2. The summed E-state index contributed by atoms with van der Waals surface area (Å²) in [5.74, 6) is -0.227. The summed E-state index contributed by atoms with van der Waals surface area (Å²) in [6.07, 6.45) is 3.04. The van der Waals surface area contributed by atoms with Crippen LogP contribution >= 0.6 is 0 Å². The molecule has 0 fully saturated rings. The predicted molar refractivity (Wildman–Crippen MR) is 89.2 cm³/mol. The van der Waals surface area contributed by atoms with Gasteiger partial charge in [-0.2, -0.15) is 5.06 Å². The lowest BCUT2D eigenvalue weighted by Gasteiger charge is -2.29. The van der Waals surface area contributed by atoms with Crippen LogP contribution in [0.5, 0.6) is 0 Å². The lowest BCUT2D eigenvalue weighted by atomic mass is 10.0. The number of hydrogen-bond acceptors (Lipinski definition) is 5. The van der Waals surface area contributed by atoms with E-state index in [1.807, 2.05) is 13.0 Å². The summed E-state index contributed by atoms with van der Waals surface area (Å²) in [6.45, 7) is 7.85. The molecular formula is C17H23N3O4. The van der Waals surface area contributed by atoms with Gasteiger partial charge < -0.3 is 10.1 Å². The van der Waals surface area contributed by atoms with Gasteiger partial charge in [0.2, 0.25) is 0 Å². The Bertz CT molecular complexity index is 677. The van der Waals surface area contributed by atoms with E-state index in [-0.39, 0.29) is 12.5 Å². The summed E-state index contributed by atoms with van der Waals surface area (Å²) < 4.78 is 5.27. The second kappa shape index (κ2) is 7.00. The number of ether oxygens (including phenoxy) is 1. The van der Waals surface area contributed by atoms with Crippen molar-refractivity contribution < 1.29 is 19.2 Å². The SMILES string of the molecule is CNC(=O)c1cc(C)c(C2=CCN(C(=O)OC(C)(C)C)OC2)cn1. The summed E-state index contributed by atoms with van der Waals surface area (Å²) in [4.78, 5) is 33.2. The third-order valence-corrected chi connectivity index (χ3v) is 3.39. The van der Waals surface area contributed by atoms with Gasteiger partial charge in [-0.15, -0.1) is 0 Å². The third kappa shape index (κ3) is 4.32. The normalized spacial score (nSPS) is 14.9. The van der Waals surface area contributed by atoms with Crippen molar-refractivity contribution in [2.75, 3.05) is 20.2 Å². The van der Waals surface area contributed by atoms with Gasteiger partial charge in [0.05, 0.1) is 6.54 Å². The van der Waals surface area contributed by atoms with Crippen LogP contribution in [0.3, 0.4) is 0 Å². The number of amides is 2. The molecule has 1 N–H and O–H groups in total. The van der Waals surface area contributed by atoms with Gasteiger partial charge >= 0.3 is 6.09 Å². The van der Waals surface area contributed by atoms with Gasteiger partial charge in [0.25, 0.3) is 5.91 Å². The molecule has 0 radical (unpaired) electrons. The molecule has 24 heavy (non-hydrogen) atoms. The Kier molecular flexibility index (Phi) is 5.23. The van der Waals surface area contributed by atoms with Gasteiger partial charge in [-0.25, -0.2) is 4.79 Å². The Hall–Kier alpha value is -2.41. The Morgan fingerprint density at radius 2 is 2.08 bits per heavy atom. The fourth-order valence-corrected chi connectivity index (χ4v) is 2.22. The molecule has 0 unspecified atom stereocenters. The smallest absolute Gasteiger partial charge is 0.434 e. The van der Waals surface area contributed by atoms with E-state index in [0.717, 1.165) is 16.7 Å². The summed E-state index contributed by atoms with van der Waals surface area (Å²) in [6, 6.07) is 1.73. The molecule has 7 nitrogen and oxygen atoms in total. The molecule has 0 saturated carbocycles. The highest BCUT2D eigenvalue weighted by Crippen LogP contribution is 2.23. The maximum atomic E-state index is 12.0. The van der Waals surface area contributed by atoms with Crippen molar-refractivity contribution in [3.8, 4) is 0 Å². The quantitative estimate of drug-likeness (QED) is 0.898. The fraction of sp³-hybridized carbons (Fsp3) is 0.471. The number of pyridine rings is 1. The number of hydroxylamine groups is 2. The first-order valence-corrected chi connectivity index (χ1v) is 7.73. The van der Waals surface area contributed by atoms with E-state index in [1.165, 1.54) is 5.06 Å². The average molecular weight is 333 g/mol. The van der Waals surface area contributed by atoms with Crippen molar-refractivity contribution >= 4 is 17.6 Å². The van der Waals surface area contributed by atoms with Gasteiger partial charge in [0.1, 0.15) is 17.9 Å². The molecule has 1 aromatic rings. The first-order chi connectivity index (χ1) is 11.2. The molecular weight excluding hydrogens is 310 g/mol. The maximum absolute atomic E-state index is 12.0. The molecule has 1 aromatic heterocycles. The molecule has 2 rings (SSSR count). The van der Waals surface area contributed by atoms with Crippen LogP contribution in [0.1, 0.15) is 42.4 Å².